The molecule has 0 aliphatic carbocycles. The molecule has 3 heterocycles. The van der Waals surface area contributed by atoms with Crippen molar-refractivity contribution in [3.05, 3.63) is 60.6 Å². The van der Waals surface area contributed by atoms with E-state index < -0.39 is 0 Å². The standard InChI is InChI=1S/C23H27N7OS/c1-3-11-24-20-19-16-26-30(21(19)28-23(27-20)32-4-2)15-12-25-22(31)17-7-9-18(10-8-17)29-13-5-6-14-29/h5-10,13-14,16H,3-4,11-12,15H2,1-2H3,(H,25,31)(H,24,27,28). The van der Waals surface area contributed by atoms with Crippen LogP contribution in [0.3, 0.4) is 0 Å². The number of hydrogen-bond donors (Lipinski definition) is 2. The van der Waals surface area contributed by atoms with Crippen LogP contribution < -0.4 is 10.6 Å². The number of anilines is 1. The molecule has 166 valence electrons. The van der Waals surface area contributed by atoms with Gasteiger partial charge in [-0.3, -0.25) is 4.79 Å². The van der Waals surface area contributed by atoms with Gasteiger partial charge in [-0.15, -0.1) is 0 Å². The monoisotopic (exact) mass is 449 g/mol. The minimum atomic E-state index is -0.109. The summed E-state index contributed by atoms with van der Waals surface area (Å²) in [5, 5.41) is 12.5. The quantitative estimate of drug-likeness (QED) is 0.281. The van der Waals surface area contributed by atoms with Gasteiger partial charge in [-0.1, -0.05) is 25.6 Å². The number of nitrogens with one attached hydrogen (secondary N) is 2. The molecule has 0 radical (unpaired) electrons. The molecule has 0 spiro atoms. The van der Waals surface area contributed by atoms with Crippen molar-refractivity contribution in [2.24, 2.45) is 0 Å². The fourth-order valence-corrected chi connectivity index (χ4v) is 3.90. The molecule has 2 N–H and O–H groups in total. The molecule has 8 nitrogen and oxygen atoms in total. The number of nitrogens with zero attached hydrogens (tertiary/aromatic N) is 5. The smallest absolute Gasteiger partial charge is 0.251 e. The Bertz CT molecular complexity index is 1170. The SMILES string of the molecule is CCCNc1nc(SCC)nc2c1cnn2CCNC(=O)c1ccc(-n2cccc2)cc1. The van der Waals surface area contributed by atoms with Crippen molar-refractivity contribution >= 4 is 34.5 Å². The second-order valence-electron chi connectivity index (χ2n) is 7.21. The summed E-state index contributed by atoms with van der Waals surface area (Å²) in [6.07, 6.45) is 6.74. The minimum Gasteiger partial charge on any atom is -0.369 e. The Morgan fingerprint density at radius 3 is 2.56 bits per heavy atom. The van der Waals surface area contributed by atoms with E-state index in [1.165, 1.54) is 0 Å². The Balaban J connectivity index is 1.42. The second-order valence-corrected chi connectivity index (χ2v) is 8.44. The predicted octanol–water partition coefficient (Wildman–Crippen LogP) is 3.98. The molecule has 0 fully saturated rings. The van der Waals surface area contributed by atoms with E-state index in [-0.39, 0.29) is 5.91 Å². The van der Waals surface area contributed by atoms with Gasteiger partial charge in [0.15, 0.2) is 10.8 Å². The molecular weight excluding hydrogens is 422 g/mol. The van der Waals surface area contributed by atoms with Crippen molar-refractivity contribution in [3.8, 4) is 5.69 Å². The Morgan fingerprint density at radius 2 is 1.84 bits per heavy atom. The molecule has 32 heavy (non-hydrogen) atoms. The summed E-state index contributed by atoms with van der Waals surface area (Å²) in [5.41, 5.74) is 2.42. The average Bonchev–Trinajstić information content (AvgIpc) is 3.49. The Labute approximate surface area is 191 Å². The van der Waals surface area contributed by atoms with Crippen molar-refractivity contribution < 1.29 is 4.79 Å². The summed E-state index contributed by atoms with van der Waals surface area (Å²) in [6, 6.07) is 11.5. The highest BCUT2D eigenvalue weighted by molar-refractivity contribution is 7.99. The van der Waals surface area contributed by atoms with Gasteiger partial charge in [-0.05, 0) is 48.6 Å². The van der Waals surface area contributed by atoms with Crippen LogP contribution in [0.1, 0.15) is 30.6 Å². The first-order chi connectivity index (χ1) is 15.7. The summed E-state index contributed by atoms with van der Waals surface area (Å²) >= 11 is 1.60. The molecule has 1 aromatic carbocycles. The maximum absolute atomic E-state index is 12.6. The van der Waals surface area contributed by atoms with E-state index in [1.807, 2.05) is 58.0 Å². The third-order valence-electron chi connectivity index (χ3n) is 4.93. The lowest BCUT2D eigenvalue weighted by molar-refractivity contribution is 0.0952. The van der Waals surface area contributed by atoms with E-state index >= 15 is 0 Å². The lowest BCUT2D eigenvalue weighted by Crippen LogP contribution is -2.27. The zero-order chi connectivity index (χ0) is 22.3. The lowest BCUT2D eigenvalue weighted by atomic mass is 10.2. The fourth-order valence-electron chi connectivity index (χ4n) is 3.34. The van der Waals surface area contributed by atoms with Crippen molar-refractivity contribution in [1.82, 2.24) is 29.6 Å². The average molecular weight is 450 g/mol. The van der Waals surface area contributed by atoms with Gasteiger partial charge in [0.25, 0.3) is 5.91 Å². The maximum atomic E-state index is 12.6. The second kappa shape index (κ2) is 10.3. The van der Waals surface area contributed by atoms with Crippen LogP contribution in [-0.2, 0) is 6.54 Å². The minimum absolute atomic E-state index is 0.109. The summed E-state index contributed by atoms with van der Waals surface area (Å²) in [7, 11) is 0. The Hall–Kier alpha value is -3.33. The largest absolute Gasteiger partial charge is 0.369 e. The van der Waals surface area contributed by atoms with Gasteiger partial charge < -0.3 is 15.2 Å². The zero-order valence-electron chi connectivity index (χ0n) is 18.3. The summed E-state index contributed by atoms with van der Waals surface area (Å²) in [4.78, 5) is 21.9. The van der Waals surface area contributed by atoms with Gasteiger partial charge in [0.2, 0.25) is 0 Å². The predicted molar refractivity (Wildman–Crippen MR) is 129 cm³/mol. The Kier molecular flexibility index (Phi) is 7.06. The number of thioether (sulfide) groups is 1. The highest BCUT2D eigenvalue weighted by Crippen LogP contribution is 2.24. The number of hydrogen-bond acceptors (Lipinski definition) is 6. The van der Waals surface area contributed by atoms with Gasteiger partial charge in [-0.2, -0.15) is 5.10 Å². The molecule has 0 unspecified atom stereocenters. The molecule has 0 aliphatic heterocycles. The van der Waals surface area contributed by atoms with Gasteiger partial charge in [0.05, 0.1) is 18.1 Å². The van der Waals surface area contributed by atoms with E-state index in [1.54, 1.807) is 18.0 Å². The van der Waals surface area contributed by atoms with Crippen LogP contribution in [0, 0.1) is 0 Å². The molecule has 0 aliphatic rings. The van der Waals surface area contributed by atoms with Crippen molar-refractivity contribution in [1.29, 1.82) is 0 Å². The van der Waals surface area contributed by atoms with Crippen LogP contribution in [0.5, 0.6) is 0 Å². The molecule has 1 amide bonds. The molecule has 4 aromatic rings. The topological polar surface area (TPSA) is 89.7 Å². The Morgan fingerprint density at radius 1 is 1.06 bits per heavy atom. The molecule has 0 saturated heterocycles. The first-order valence-electron chi connectivity index (χ1n) is 10.8. The van der Waals surface area contributed by atoms with Crippen molar-refractivity contribution in [2.75, 3.05) is 24.2 Å². The molecule has 3 aromatic heterocycles. The van der Waals surface area contributed by atoms with Crippen molar-refractivity contribution in [2.45, 2.75) is 32.0 Å². The van der Waals surface area contributed by atoms with Crippen molar-refractivity contribution in [3.63, 3.8) is 0 Å². The van der Waals surface area contributed by atoms with Crippen LogP contribution in [-0.4, -0.2) is 49.1 Å². The molecule has 0 saturated carbocycles. The van der Waals surface area contributed by atoms with Gasteiger partial charge >= 0.3 is 0 Å². The number of aromatic nitrogens is 5. The number of fused-ring (bicyclic) bond motifs is 1. The van der Waals surface area contributed by atoms with Crippen LogP contribution in [0.2, 0.25) is 0 Å². The highest BCUT2D eigenvalue weighted by atomic mass is 32.2. The number of carbonyl (C=O) groups is 1. The number of carbonyl (C=O) groups excluding carboxylic acids is 1. The molecule has 0 bridgehead atoms. The van der Waals surface area contributed by atoms with E-state index in [0.29, 0.717) is 18.7 Å². The first-order valence-corrected chi connectivity index (χ1v) is 11.8. The molecular formula is C23H27N7OS. The molecule has 9 heteroatoms. The fraction of sp³-hybridized carbons (Fsp3) is 0.304. The summed E-state index contributed by atoms with van der Waals surface area (Å²) in [5.74, 6) is 1.60. The first kappa shape index (κ1) is 21.9. The van der Waals surface area contributed by atoms with Gasteiger partial charge in [0.1, 0.15) is 5.82 Å². The summed E-state index contributed by atoms with van der Waals surface area (Å²) < 4.78 is 3.82. The molecule has 0 atom stereocenters. The van der Waals surface area contributed by atoms with E-state index in [0.717, 1.165) is 46.4 Å². The number of amides is 1. The van der Waals surface area contributed by atoms with Crippen LogP contribution in [0.15, 0.2) is 60.1 Å². The van der Waals surface area contributed by atoms with Gasteiger partial charge in [0, 0.05) is 36.7 Å². The third-order valence-corrected chi connectivity index (χ3v) is 5.66. The van der Waals surface area contributed by atoms with E-state index in [4.69, 9.17) is 0 Å². The third kappa shape index (κ3) is 4.94. The van der Waals surface area contributed by atoms with E-state index in [2.05, 4.69) is 39.5 Å². The highest BCUT2D eigenvalue weighted by Gasteiger charge is 2.13. The molecule has 4 rings (SSSR count). The number of rotatable bonds is 10. The van der Waals surface area contributed by atoms with Crippen LogP contribution >= 0.6 is 11.8 Å². The van der Waals surface area contributed by atoms with Crippen LogP contribution in [0.4, 0.5) is 5.82 Å². The zero-order valence-corrected chi connectivity index (χ0v) is 19.1. The van der Waals surface area contributed by atoms with E-state index in [9.17, 15) is 4.79 Å². The number of benzene rings is 1. The maximum Gasteiger partial charge on any atom is 0.251 e. The normalized spacial score (nSPS) is 11.1. The van der Waals surface area contributed by atoms with Crippen LogP contribution in [0.25, 0.3) is 16.7 Å². The van der Waals surface area contributed by atoms with Gasteiger partial charge in [-0.25, -0.2) is 14.6 Å². The lowest BCUT2D eigenvalue weighted by Gasteiger charge is -2.09. The summed E-state index contributed by atoms with van der Waals surface area (Å²) in [6.45, 7) is 6.01.